The number of hydrogen-bond donors (Lipinski definition) is 2. The Hall–Kier alpha value is -2.47. The molecule has 0 radical (unpaired) electrons. The van der Waals surface area contributed by atoms with Crippen molar-refractivity contribution in [3.8, 4) is 0 Å². The summed E-state index contributed by atoms with van der Waals surface area (Å²) in [6.45, 7) is 0.798. The Morgan fingerprint density at radius 2 is 2.05 bits per heavy atom. The van der Waals surface area contributed by atoms with Gasteiger partial charge in [-0.3, -0.25) is 14.7 Å². The van der Waals surface area contributed by atoms with Gasteiger partial charge in [0.2, 0.25) is 5.91 Å². The molecule has 3 N–H and O–H groups in total. The Bertz CT molecular complexity index is 618. The number of aromatic nitrogens is 1. The van der Waals surface area contributed by atoms with Gasteiger partial charge in [-0.2, -0.15) is 0 Å². The lowest BCUT2D eigenvalue weighted by Gasteiger charge is -2.16. The van der Waals surface area contributed by atoms with Crippen molar-refractivity contribution < 1.29 is 9.18 Å². The number of nitrogens with two attached hydrogens (primary N) is 1. The molecule has 0 spiro atoms. The van der Waals surface area contributed by atoms with E-state index in [0.717, 1.165) is 5.56 Å². The Morgan fingerprint density at radius 1 is 1.33 bits per heavy atom. The lowest BCUT2D eigenvalue weighted by molar-refractivity contribution is -0.117. The predicted octanol–water partition coefficient (Wildman–Crippen LogP) is 1.87. The summed E-state index contributed by atoms with van der Waals surface area (Å²) in [6.07, 6.45) is 3.41. The number of carbonyl (C=O) groups excluding carboxylic acids is 1. The number of carbonyl (C=O) groups is 1. The molecule has 0 aliphatic carbocycles. The molecule has 2 aromatic rings. The third kappa shape index (κ3) is 4.54. The van der Waals surface area contributed by atoms with E-state index in [9.17, 15) is 9.18 Å². The maximum absolute atomic E-state index is 13.1. The molecule has 1 amide bonds. The van der Waals surface area contributed by atoms with Crippen LogP contribution in [0.4, 0.5) is 15.8 Å². The van der Waals surface area contributed by atoms with E-state index in [-0.39, 0.29) is 18.1 Å². The van der Waals surface area contributed by atoms with E-state index in [0.29, 0.717) is 12.2 Å². The highest BCUT2D eigenvalue weighted by molar-refractivity contribution is 5.95. The summed E-state index contributed by atoms with van der Waals surface area (Å²) in [4.78, 5) is 17.7. The van der Waals surface area contributed by atoms with Crippen LogP contribution in [0.2, 0.25) is 0 Å². The van der Waals surface area contributed by atoms with Gasteiger partial charge in [-0.25, -0.2) is 4.39 Å². The molecule has 0 atom stereocenters. The van der Waals surface area contributed by atoms with E-state index >= 15 is 0 Å². The highest BCUT2D eigenvalue weighted by Crippen LogP contribution is 2.19. The average molecular weight is 288 g/mol. The number of nitrogens with one attached hydrogen (secondary N) is 1. The van der Waals surface area contributed by atoms with Crippen LogP contribution in [0.25, 0.3) is 0 Å². The monoisotopic (exact) mass is 288 g/mol. The highest BCUT2D eigenvalue weighted by Gasteiger charge is 2.09. The highest BCUT2D eigenvalue weighted by atomic mass is 19.1. The molecule has 5 nitrogen and oxygen atoms in total. The van der Waals surface area contributed by atoms with Gasteiger partial charge >= 0.3 is 0 Å². The molecule has 1 aromatic carbocycles. The molecule has 0 bridgehead atoms. The van der Waals surface area contributed by atoms with Crippen molar-refractivity contribution in [3.05, 3.63) is 54.1 Å². The lowest BCUT2D eigenvalue weighted by Crippen LogP contribution is -2.30. The van der Waals surface area contributed by atoms with E-state index in [2.05, 4.69) is 10.3 Å². The van der Waals surface area contributed by atoms with Crippen LogP contribution in [0, 0.1) is 5.82 Å². The van der Waals surface area contributed by atoms with E-state index in [1.54, 1.807) is 12.4 Å². The fourth-order valence-corrected chi connectivity index (χ4v) is 1.93. The molecule has 21 heavy (non-hydrogen) atoms. The van der Waals surface area contributed by atoms with Gasteiger partial charge in [0.1, 0.15) is 5.82 Å². The van der Waals surface area contributed by atoms with Crippen LogP contribution in [0.5, 0.6) is 0 Å². The molecule has 0 fully saturated rings. The van der Waals surface area contributed by atoms with Gasteiger partial charge in [0.15, 0.2) is 0 Å². The van der Waals surface area contributed by atoms with Gasteiger partial charge in [-0.05, 0) is 42.9 Å². The smallest absolute Gasteiger partial charge is 0.238 e. The zero-order valence-corrected chi connectivity index (χ0v) is 11.7. The third-order valence-corrected chi connectivity index (χ3v) is 2.90. The SMILES string of the molecule is CN(CC(=O)Nc1cc(F)ccc1N)Cc1ccncc1. The first-order valence-corrected chi connectivity index (χ1v) is 6.47. The summed E-state index contributed by atoms with van der Waals surface area (Å²) < 4.78 is 13.1. The molecule has 0 saturated carbocycles. The van der Waals surface area contributed by atoms with Crippen LogP contribution >= 0.6 is 0 Å². The number of halogens is 1. The molecule has 0 unspecified atom stereocenters. The van der Waals surface area contributed by atoms with E-state index in [1.807, 2.05) is 24.1 Å². The van der Waals surface area contributed by atoms with Crippen molar-refractivity contribution in [2.75, 3.05) is 24.6 Å². The predicted molar refractivity (Wildman–Crippen MR) is 80.0 cm³/mol. The molecule has 6 heteroatoms. The first-order chi connectivity index (χ1) is 10.0. The number of anilines is 2. The number of benzene rings is 1. The normalized spacial score (nSPS) is 10.6. The van der Waals surface area contributed by atoms with Crippen LogP contribution in [0.15, 0.2) is 42.7 Å². The van der Waals surface area contributed by atoms with E-state index in [1.165, 1.54) is 18.2 Å². The summed E-state index contributed by atoms with van der Waals surface area (Å²) in [5, 5.41) is 2.61. The maximum atomic E-state index is 13.1. The molecule has 1 aromatic heterocycles. The van der Waals surface area contributed by atoms with Gasteiger partial charge < -0.3 is 11.1 Å². The number of nitrogen functional groups attached to an aromatic ring is 1. The molecule has 2 rings (SSSR count). The Morgan fingerprint density at radius 3 is 2.76 bits per heavy atom. The van der Waals surface area contributed by atoms with Gasteiger partial charge in [0, 0.05) is 18.9 Å². The van der Waals surface area contributed by atoms with E-state index in [4.69, 9.17) is 5.73 Å². The van der Waals surface area contributed by atoms with Crippen LogP contribution < -0.4 is 11.1 Å². The van der Waals surface area contributed by atoms with Crippen molar-refractivity contribution in [1.29, 1.82) is 0 Å². The minimum atomic E-state index is -0.440. The second-order valence-corrected chi connectivity index (χ2v) is 4.81. The first-order valence-electron chi connectivity index (χ1n) is 6.47. The number of hydrogen-bond acceptors (Lipinski definition) is 4. The third-order valence-electron chi connectivity index (χ3n) is 2.90. The Balaban J connectivity index is 1.91. The molecule has 0 aliphatic heterocycles. The molecule has 1 heterocycles. The maximum Gasteiger partial charge on any atom is 0.238 e. The second kappa shape index (κ2) is 6.81. The summed E-state index contributed by atoms with van der Waals surface area (Å²) >= 11 is 0. The summed E-state index contributed by atoms with van der Waals surface area (Å²) in [7, 11) is 1.83. The fourth-order valence-electron chi connectivity index (χ4n) is 1.93. The first kappa shape index (κ1) is 14.9. The number of rotatable bonds is 5. The van der Waals surface area contributed by atoms with Gasteiger partial charge in [-0.15, -0.1) is 0 Å². The van der Waals surface area contributed by atoms with Gasteiger partial charge in [-0.1, -0.05) is 0 Å². The van der Waals surface area contributed by atoms with Crippen LogP contribution in [-0.2, 0) is 11.3 Å². The van der Waals surface area contributed by atoms with Crippen LogP contribution in [0.3, 0.4) is 0 Å². The molecular formula is C15H17FN4O. The summed E-state index contributed by atoms with van der Waals surface area (Å²) in [5.41, 5.74) is 7.37. The largest absolute Gasteiger partial charge is 0.397 e. The summed E-state index contributed by atoms with van der Waals surface area (Å²) in [5.74, 6) is -0.687. The minimum absolute atomic E-state index is 0.179. The number of likely N-dealkylation sites (N-methyl/N-ethyl adjacent to an activating group) is 1. The topological polar surface area (TPSA) is 71.2 Å². The number of amides is 1. The number of nitrogens with zero attached hydrogens (tertiary/aromatic N) is 2. The quantitative estimate of drug-likeness (QED) is 0.824. The van der Waals surface area contributed by atoms with Crippen molar-refractivity contribution in [1.82, 2.24) is 9.88 Å². The van der Waals surface area contributed by atoms with Crippen LogP contribution in [-0.4, -0.2) is 29.4 Å². The number of pyridine rings is 1. The van der Waals surface area contributed by atoms with E-state index < -0.39 is 5.82 Å². The van der Waals surface area contributed by atoms with Crippen LogP contribution in [0.1, 0.15) is 5.56 Å². The molecular weight excluding hydrogens is 271 g/mol. The van der Waals surface area contributed by atoms with Gasteiger partial charge in [0.25, 0.3) is 0 Å². The van der Waals surface area contributed by atoms with Crippen molar-refractivity contribution in [2.45, 2.75) is 6.54 Å². The van der Waals surface area contributed by atoms with Crippen molar-refractivity contribution in [2.24, 2.45) is 0 Å². The fraction of sp³-hybridized carbons (Fsp3) is 0.200. The molecule has 0 saturated heterocycles. The Kier molecular flexibility index (Phi) is 4.84. The zero-order chi connectivity index (χ0) is 15.2. The minimum Gasteiger partial charge on any atom is -0.397 e. The van der Waals surface area contributed by atoms with Gasteiger partial charge in [0.05, 0.1) is 17.9 Å². The second-order valence-electron chi connectivity index (χ2n) is 4.81. The van der Waals surface area contributed by atoms with Crippen molar-refractivity contribution >= 4 is 17.3 Å². The standard InChI is InChI=1S/C15H17FN4O/c1-20(9-11-4-6-18-7-5-11)10-15(21)19-14-8-12(16)2-3-13(14)17/h2-8H,9-10,17H2,1H3,(H,19,21). The van der Waals surface area contributed by atoms with Crippen molar-refractivity contribution in [3.63, 3.8) is 0 Å². The molecule has 110 valence electrons. The zero-order valence-electron chi connectivity index (χ0n) is 11.7. The Labute approximate surface area is 122 Å². The summed E-state index contributed by atoms with van der Waals surface area (Å²) in [6, 6.07) is 7.65. The average Bonchev–Trinajstić information content (AvgIpc) is 2.43. The lowest BCUT2D eigenvalue weighted by atomic mass is 10.2. The molecule has 0 aliphatic rings.